The fraction of sp³-hybridized carbons (Fsp3) is 0.361. The number of aliphatic hydroxyl groups excluding tert-OH is 3. The first kappa shape index (κ1) is 31.6. The van der Waals surface area contributed by atoms with Crippen molar-refractivity contribution in [3.05, 3.63) is 87.5 Å². The molecule has 0 aromatic heterocycles. The zero-order chi connectivity index (χ0) is 32.7. The summed E-state index contributed by atoms with van der Waals surface area (Å²) in [6.45, 7) is 2.76. The van der Waals surface area contributed by atoms with Crippen molar-refractivity contribution in [2.75, 3.05) is 0 Å². The fourth-order valence-corrected chi connectivity index (χ4v) is 6.64. The van der Waals surface area contributed by atoms with Gasteiger partial charge in [0.25, 0.3) is 0 Å². The summed E-state index contributed by atoms with van der Waals surface area (Å²) in [5, 5.41) is 43.1. The molecule has 10 heteroatoms. The molecule has 0 bridgehead atoms. The molecule has 3 aromatic rings. The zero-order valence-corrected chi connectivity index (χ0v) is 25.5. The van der Waals surface area contributed by atoms with E-state index in [-0.39, 0.29) is 51.0 Å². The van der Waals surface area contributed by atoms with Crippen LogP contribution in [0, 0.1) is 0 Å². The van der Waals surface area contributed by atoms with E-state index in [0.29, 0.717) is 18.4 Å². The molecule has 3 aliphatic rings. The molecule has 10 nitrogen and oxygen atoms in total. The quantitative estimate of drug-likeness (QED) is 0.136. The Kier molecular flexibility index (Phi) is 8.80. The van der Waals surface area contributed by atoms with Crippen LogP contribution in [0.15, 0.2) is 48.5 Å². The van der Waals surface area contributed by atoms with Crippen LogP contribution in [0.4, 0.5) is 0 Å². The Morgan fingerprint density at radius 1 is 0.848 bits per heavy atom. The first-order chi connectivity index (χ1) is 22.1. The highest BCUT2D eigenvalue weighted by molar-refractivity contribution is 6.31. The van der Waals surface area contributed by atoms with Crippen LogP contribution in [0.2, 0.25) is 0 Å². The van der Waals surface area contributed by atoms with Gasteiger partial charge < -0.3 is 34.6 Å². The monoisotopic (exact) mass is 628 g/mol. The maximum atomic E-state index is 14.4. The number of benzene rings is 3. The molecular weight excluding hydrogens is 592 g/mol. The molecule has 0 unspecified atom stereocenters. The van der Waals surface area contributed by atoms with Crippen molar-refractivity contribution in [2.45, 2.75) is 82.6 Å². The lowest BCUT2D eigenvalue weighted by molar-refractivity contribution is -0.268. The lowest BCUT2D eigenvalue weighted by atomic mass is 9.76. The molecule has 0 spiro atoms. The number of aliphatic hydroxyl groups is 3. The second-order valence-electron chi connectivity index (χ2n) is 12.1. The maximum Gasteiger partial charge on any atom is 0.308 e. The third-order valence-corrected chi connectivity index (χ3v) is 9.01. The van der Waals surface area contributed by atoms with Crippen LogP contribution >= 0.6 is 0 Å². The Hall–Kier alpha value is -4.35. The van der Waals surface area contributed by atoms with E-state index in [4.69, 9.17) is 14.2 Å². The van der Waals surface area contributed by atoms with Gasteiger partial charge in [-0.2, -0.15) is 0 Å². The average Bonchev–Trinajstić information content (AvgIpc) is 3.04. The van der Waals surface area contributed by atoms with Gasteiger partial charge in [-0.15, -0.1) is 0 Å². The SMILES string of the molecule is CC(=O)Oc1ccc2c(c1C=Cc1ccccc1)C(=O)c1cc(O[C@H]3O[C@H](C)[C@@H](O)[C@@H](O)[C@H]3O)c(C3CCCCC3)c(O)c1C2=O. The second-order valence-corrected chi connectivity index (χ2v) is 12.1. The molecular formula is C36H36O10. The molecule has 1 saturated carbocycles. The molecule has 3 aromatic carbocycles. The number of hydrogen-bond acceptors (Lipinski definition) is 10. The first-order valence-electron chi connectivity index (χ1n) is 15.5. The molecule has 0 amide bonds. The molecule has 1 heterocycles. The lowest BCUT2D eigenvalue weighted by Gasteiger charge is -2.39. The number of aromatic hydroxyl groups is 1. The van der Waals surface area contributed by atoms with Gasteiger partial charge in [-0.3, -0.25) is 14.4 Å². The van der Waals surface area contributed by atoms with E-state index in [1.54, 1.807) is 12.2 Å². The third-order valence-electron chi connectivity index (χ3n) is 9.01. The topological polar surface area (TPSA) is 160 Å². The van der Waals surface area contributed by atoms with Crippen molar-refractivity contribution >= 4 is 29.7 Å². The van der Waals surface area contributed by atoms with E-state index in [0.717, 1.165) is 24.8 Å². The largest absolute Gasteiger partial charge is 0.507 e. The summed E-state index contributed by atoms with van der Waals surface area (Å²) in [7, 11) is 0. The van der Waals surface area contributed by atoms with E-state index >= 15 is 0 Å². The highest BCUT2D eigenvalue weighted by Gasteiger charge is 2.45. The van der Waals surface area contributed by atoms with Crippen molar-refractivity contribution < 1.29 is 49.0 Å². The normalized spacial score (nSPS) is 24.8. The van der Waals surface area contributed by atoms with Gasteiger partial charge in [0.2, 0.25) is 6.29 Å². The molecule has 5 atom stereocenters. The van der Waals surface area contributed by atoms with Crippen LogP contribution in [0.5, 0.6) is 17.2 Å². The highest BCUT2D eigenvalue weighted by Crippen LogP contribution is 2.48. The Morgan fingerprint density at radius 2 is 1.54 bits per heavy atom. The summed E-state index contributed by atoms with van der Waals surface area (Å²) < 4.78 is 17.3. The Balaban J connectivity index is 1.51. The first-order valence-corrected chi connectivity index (χ1v) is 15.5. The van der Waals surface area contributed by atoms with Crippen LogP contribution in [-0.2, 0) is 9.53 Å². The molecule has 2 fully saturated rings. The predicted molar refractivity (Wildman–Crippen MR) is 167 cm³/mol. The molecule has 1 saturated heterocycles. The number of fused-ring (bicyclic) bond motifs is 2. The fourth-order valence-electron chi connectivity index (χ4n) is 6.64. The lowest BCUT2D eigenvalue weighted by Crippen LogP contribution is -2.58. The minimum absolute atomic E-state index is 0.000292. The van der Waals surface area contributed by atoms with Gasteiger partial charge >= 0.3 is 5.97 Å². The van der Waals surface area contributed by atoms with Crippen molar-refractivity contribution in [3.8, 4) is 17.2 Å². The summed E-state index contributed by atoms with van der Waals surface area (Å²) in [5.41, 5.74) is 1.12. The minimum atomic E-state index is -1.64. The van der Waals surface area contributed by atoms with Gasteiger partial charge in [0.1, 0.15) is 35.6 Å². The minimum Gasteiger partial charge on any atom is -0.507 e. The van der Waals surface area contributed by atoms with Crippen LogP contribution in [0.25, 0.3) is 12.2 Å². The van der Waals surface area contributed by atoms with Gasteiger partial charge in [0.15, 0.2) is 11.6 Å². The van der Waals surface area contributed by atoms with E-state index in [1.807, 2.05) is 30.3 Å². The summed E-state index contributed by atoms with van der Waals surface area (Å²) in [4.78, 5) is 40.5. The number of hydrogen-bond donors (Lipinski definition) is 4. The van der Waals surface area contributed by atoms with Gasteiger partial charge in [-0.25, -0.2) is 0 Å². The predicted octanol–water partition coefficient (Wildman–Crippen LogP) is 4.52. The number of rotatable bonds is 6. The van der Waals surface area contributed by atoms with Gasteiger partial charge in [-0.1, -0.05) is 55.7 Å². The van der Waals surface area contributed by atoms with Crippen molar-refractivity contribution in [2.24, 2.45) is 0 Å². The van der Waals surface area contributed by atoms with Gasteiger partial charge in [0.05, 0.1) is 11.7 Å². The Bertz CT molecular complexity index is 1710. The van der Waals surface area contributed by atoms with Gasteiger partial charge in [0, 0.05) is 34.7 Å². The number of phenols is 1. The summed E-state index contributed by atoms with van der Waals surface area (Å²) >= 11 is 0. The summed E-state index contributed by atoms with van der Waals surface area (Å²) in [6, 6.07) is 13.5. The third kappa shape index (κ3) is 5.73. The number of carbonyl (C=O) groups is 3. The van der Waals surface area contributed by atoms with Crippen LogP contribution < -0.4 is 9.47 Å². The maximum absolute atomic E-state index is 14.4. The molecule has 0 radical (unpaired) electrons. The smallest absolute Gasteiger partial charge is 0.308 e. The van der Waals surface area contributed by atoms with E-state index < -0.39 is 48.2 Å². The highest BCUT2D eigenvalue weighted by atomic mass is 16.7. The van der Waals surface area contributed by atoms with Crippen molar-refractivity contribution in [1.82, 2.24) is 0 Å². The van der Waals surface area contributed by atoms with E-state index in [2.05, 4.69) is 0 Å². The Morgan fingerprint density at radius 3 is 2.24 bits per heavy atom. The molecule has 4 N–H and O–H groups in total. The molecule has 6 rings (SSSR count). The number of esters is 1. The van der Waals surface area contributed by atoms with Crippen LogP contribution in [0.3, 0.4) is 0 Å². The number of ether oxygens (including phenoxy) is 3. The molecule has 1 aliphatic heterocycles. The van der Waals surface area contributed by atoms with Crippen molar-refractivity contribution in [3.63, 3.8) is 0 Å². The van der Waals surface area contributed by atoms with Crippen LogP contribution in [-0.4, -0.2) is 68.7 Å². The number of carbonyl (C=O) groups excluding carboxylic acids is 3. The number of ketones is 2. The van der Waals surface area contributed by atoms with Crippen molar-refractivity contribution in [1.29, 1.82) is 0 Å². The summed E-state index contributed by atoms with van der Waals surface area (Å²) in [6.07, 6.45) is 0.654. The number of phenolic OH excluding ortho intramolecular Hbond substituents is 1. The Labute approximate surface area is 265 Å². The van der Waals surface area contributed by atoms with Crippen LogP contribution in [0.1, 0.15) is 100 Å². The zero-order valence-electron chi connectivity index (χ0n) is 25.5. The second kappa shape index (κ2) is 12.8. The van der Waals surface area contributed by atoms with Gasteiger partial charge in [-0.05, 0) is 55.5 Å². The molecule has 2 aliphatic carbocycles. The van der Waals surface area contributed by atoms with E-state index in [1.165, 1.54) is 32.0 Å². The molecule has 46 heavy (non-hydrogen) atoms. The average molecular weight is 629 g/mol. The summed E-state index contributed by atoms with van der Waals surface area (Å²) in [5.74, 6) is -2.25. The molecule has 240 valence electrons. The van der Waals surface area contributed by atoms with E-state index in [9.17, 15) is 34.8 Å². The standard InChI is InChI=1S/C36H36O10/c1-18-30(38)34(42)35(43)36(44-18)46-26-17-24-29(33(41)27(26)21-11-7-4-8-12-21)31(39)23-15-16-25(45-19(2)37)22(28(23)32(24)40)14-13-20-9-5-3-6-10-20/h3,5-6,9-10,13-18,21,30,34-36,38,41-43H,4,7-8,11-12H2,1-2H3/t18-,30-,34-,35-,36-/m1/s1.